The van der Waals surface area contributed by atoms with E-state index in [1.165, 1.54) is 0 Å². The molecule has 0 spiro atoms. The van der Waals surface area contributed by atoms with Crippen LogP contribution in [-0.4, -0.2) is 37.8 Å². The summed E-state index contributed by atoms with van der Waals surface area (Å²) in [5.74, 6) is 1.07. The van der Waals surface area contributed by atoms with E-state index in [1.807, 2.05) is 12.1 Å². The Morgan fingerprint density at radius 2 is 1.26 bits per heavy atom. The highest BCUT2D eigenvalue weighted by Gasteiger charge is 2.53. The molecule has 2 aliphatic rings. The number of rotatable bonds is 3. The molecule has 0 aliphatic carbocycles. The molecule has 0 bridgehead atoms. The monoisotopic (exact) mass is 564 g/mol. The van der Waals surface area contributed by atoms with Crippen LogP contribution < -0.4 is 0 Å². The van der Waals surface area contributed by atoms with Gasteiger partial charge in [-0.25, -0.2) is 0 Å². The van der Waals surface area contributed by atoms with E-state index in [0.717, 1.165) is 33.3 Å². The Kier molecular flexibility index (Phi) is 8.14. The molecule has 2 aliphatic heterocycles. The van der Waals surface area contributed by atoms with Crippen LogP contribution in [-0.2, 0) is 15.2 Å². The van der Waals surface area contributed by atoms with Crippen LogP contribution >= 0.6 is 101 Å². The molecule has 1 unspecified atom stereocenters. The molecule has 2 fully saturated rings. The van der Waals surface area contributed by atoms with Crippen molar-refractivity contribution in [2.24, 2.45) is 0 Å². The van der Waals surface area contributed by atoms with Crippen LogP contribution in [0.5, 0.6) is 0 Å². The highest BCUT2D eigenvalue weighted by molar-refractivity contribution is 7.86. The average Bonchev–Trinajstić information content (AvgIpc) is 3.22. The maximum Gasteiger partial charge on any atom is 0.159 e. The summed E-state index contributed by atoms with van der Waals surface area (Å²) in [6.07, 6.45) is 0.719. The quantitative estimate of drug-likeness (QED) is 0.235. The summed E-state index contributed by atoms with van der Waals surface area (Å²) in [6, 6.07) is 3.96. The van der Waals surface area contributed by atoms with E-state index in [9.17, 15) is 0 Å². The van der Waals surface area contributed by atoms with Crippen LogP contribution in [0.15, 0.2) is 51.3 Å². The van der Waals surface area contributed by atoms with Crippen molar-refractivity contribution in [3.8, 4) is 0 Å². The second-order valence-electron chi connectivity index (χ2n) is 7.30. The molecule has 4 rings (SSSR count). The molecule has 31 heavy (non-hydrogen) atoms. The standard InChI is InChI=1S/C20H22NO2S8/c24-12-7-9(14(26)18(30)16(12)28)10-1-4-23-20(10,21-2-5-22-6-3-21)11-8-13(25)17(29)19(31)15(11)27/h7-8,24-31H,1-6H2. The van der Waals surface area contributed by atoms with Crippen LogP contribution in [0.2, 0.25) is 0 Å². The number of thiol groups is 8. The lowest BCUT2D eigenvalue weighted by atomic mass is 9.81. The van der Waals surface area contributed by atoms with Gasteiger partial charge in [0.05, 0.1) is 25.7 Å². The molecule has 0 saturated carbocycles. The molecular formula is C20H22NO2S8. The van der Waals surface area contributed by atoms with E-state index < -0.39 is 5.72 Å². The molecule has 3 nitrogen and oxygen atoms in total. The first-order valence-corrected chi connectivity index (χ1v) is 13.1. The van der Waals surface area contributed by atoms with Crippen LogP contribution in [0.1, 0.15) is 17.5 Å². The van der Waals surface area contributed by atoms with Gasteiger partial charge in [-0.2, -0.15) is 0 Å². The summed E-state index contributed by atoms with van der Waals surface area (Å²) >= 11 is 37.3. The molecule has 167 valence electrons. The lowest BCUT2D eigenvalue weighted by Gasteiger charge is -2.47. The SMILES string of the molecule is Sc1cc([C]2CCOC2(c2cc(S)c(S)c(S)c2S)N2CCOCC2)c(S)c(S)c1S. The third kappa shape index (κ3) is 4.32. The normalized spacial score (nSPS) is 23.0. The Balaban J connectivity index is 1.99. The second kappa shape index (κ2) is 10.0. The number of nitrogens with zero attached hydrogens (tertiary/aromatic N) is 1. The first kappa shape index (κ1) is 25.2. The Morgan fingerprint density at radius 1 is 0.677 bits per heavy atom. The van der Waals surface area contributed by atoms with E-state index in [-0.39, 0.29) is 0 Å². The number of hydrogen-bond donors (Lipinski definition) is 8. The van der Waals surface area contributed by atoms with Gasteiger partial charge >= 0.3 is 0 Å². The molecule has 0 aromatic heterocycles. The lowest BCUT2D eigenvalue weighted by molar-refractivity contribution is -0.148. The van der Waals surface area contributed by atoms with Gasteiger partial charge in [0.15, 0.2) is 5.72 Å². The van der Waals surface area contributed by atoms with E-state index in [1.54, 1.807) is 0 Å². The van der Waals surface area contributed by atoms with Gasteiger partial charge in [0.25, 0.3) is 0 Å². The highest BCUT2D eigenvalue weighted by atomic mass is 32.1. The van der Waals surface area contributed by atoms with Crippen molar-refractivity contribution in [2.45, 2.75) is 51.3 Å². The minimum Gasteiger partial charge on any atom is -0.379 e. The number of benzene rings is 2. The second-order valence-corrected chi connectivity index (χ2v) is 10.9. The fourth-order valence-electron chi connectivity index (χ4n) is 4.20. The topological polar surface area (TPSA) is 21.7 Å². The molecule has 0 amide bonds. The molecule has 2 aromatic carbocycles. The van der Waals surface area contributed by atoms with Crippen molar-refractivity contribution in [2.75, 3.05) is 32.9 Å². The molecular weight excluding hydrogens is 543 g/mol. The fraction of sp³-hybridized carbons (Fsp3) is 0.350. The molecule has 2 saturated heterocycles. The predicted octanol–water partition coefficient (Wildman–Crippen LogP) is 5.52. The molecule has 1 atom stereocenters. The van der Waals surface area contributed by atoms with Crippen molar-refractivity contribution in [1.82, 2.24) is 4.90 Å². The molecule has 2 aromatic rings. The predicted molar refractivity (Wildman–Crippen MR) is 148 cm³/mol. The minimum atomic E-state index is -0.868. The maximum absolute atomic E-state index is 6.62. The first-order valence-electron chi connectivity index (χ1n) is 9.47. The number of ether oxygens (including phenoxy) is 2. The Bertz CT molecular complexity index is 1030. The zero-order valence-corrected chi connectivity index (χ0v) is 23.4. The van der Waals surface area contributed by atoms with Gasteiger partial charge in [-0.15, -0.1) is 101 Å². The van der Waals surface area contributed by atoms with Gasteiger partial charge in [-0.3, -0.25) is 4.90 Å². The van der Waals surface area contributed by atoms with Crippen molar-refractivity contribution in [1.29, 1.82) is 0 Å². The summed E-state index contributed by atoms with van der Waals surface area (Å²) in [5, 5.41) is 0. The summed E-state index contributed by atoms with van der Waals surface area (Å²) < 4.78 is 12.3. The number of morpholine rings is 1. The zero-order valence-electron chi connectivity index (χ0n) is 16.2. The van der Waals surface area contributed by atoms with Crippen molar-refractivity contribution < 1.29 is 9.47 Å². The van der Waals surface area contributed by atoms with Crippen LogP contribution in [0.4, 0.5) is 0 Å². The van der Waals surface area contributed by atoms with E-state index in [2.05, 4.69) is 80.7 Å². The van der Waals surface area contributed by atoms with E-state index in [4.69, 9.17) is 34.7 Å². The third-order valence-electron chi connectivity index (χ3n) is 5.67. The third-order valence-corrected chi connectivity index (χ3v) is 10.2. The van der Waals surface area contributed by atoms with Crippen molar-refractivity contribution >= 4 is 101 Å². The molecule has 1 radical (unpaired) electrons. The van der Waals surface area contributed by atoms with Gasteiger partial charge in [-0.1, -0.05) is 0 Å². The van der Waals surface area contributed by atoms with Crippen LogP contribution in [0.25, 0.3) is 0 Å². The van der Waals surface area contributed by atoms with Crippen LogP contribution in [0.3, 0.4) is 0 Å². The van der Waals surface area contributed by atoms with E-state index >= 15 is 0 Å². The Labute approximate surface area is 227 Å². The highest BCUT2D eigenvalue weighted by Crippen LogP contribution is 2.54. The molecule has 0 N–H and O–H groups in total. The van der Waals surface area contributed by atoms with Gasteiger partial charge in [0.1, 0.15) is 0 Å². The number of hydrogen-bond acceptors (Lipinski definition) is 11. The van der Waals surface area contributed by atoms with Gasteiger partial charge in [0.2, 0.25) is 0 Å². The molecule has 11 heteroatoms. The van der Waals surface area contributed by atoms with Gasteiger partial charge < -0.3 is 9.47 Å². The Hall–Kier alpha value is 1.12. The van der Waals surface area contributed by atoms with Crippen molar-refractivity contribution in [3.05, 3.63) is 29.2 Å². The largest absolute Gasteiger partial charge is 0.379 e. The van der Waals surface area contributed by atoms with Crippen LogP contribution in [0, 0.1) is 5.92 Å². The molecule has 2 heterocycles. The maximum atomic E-state index is 6.62. The van der Waals surface area contributed by atoms with E-state index in [0.29, 0.717) is 62.3 Å². The average molecular weight is 565 g/mol. The Morgan fingerprint density at radius 3 is 1.90 bits per heavy atom. The summed E-state index contributed by atoms with van der Waals surface area (Å²) in [6.45, 7) is 3.19. The fourth-order valence-corrected chi connectivity index (χ4v) is 6.51. The summed E-state index contributed by atoms with van der Waals surface area (Å²) in [7, 11) is 0. The summed E-state index contributed by atoms with van der Waals surface area (Å²) in [4.78, 5) is 7.93. The van der Waals surface area contributed by atoms with Gasteiger partial charge in [0, 0.05) is 57.8 Å². The van der Waals surface area contributed by atoms with Gasteiger partial charge in [-0.05, 0) is 24.1 Å². The smallest absolute Gasteiger partial charge is 0.159 e. The summed E-state index contributed by atoms with van der Waals surface area (Å²) in [5.41, 5.74) is 0.944. The minimum absolute atomic E-state index is 0.548. The zero-order chi connectivity index (χ0) is 22.5. The van der Waals surface area contributed by atoms with Crippen molar-refractivity contribution in [3.63, 3.8) is 0 Å². The first-order chi connectivity index (χ1) is 14.7. The lowest BCUT2D eigenvalue weighted by Crippen LogP contribution is -2.54.